The Morgan fingerprint density at radius 3 is 2.71 bits per heavy atom. The Kier molecular flexibility index (Phi) is 3.63. The second-order valence-corrected chi connectivity index (χ2v) is 3.42. The second-order valence-electron chi connectivity index (χ2n) is 3.42. The van der Waals surface area contributed by atoms with Gasteiger partial charge in [-0.3, -0.25) is 4.99 Å². The van der Waals surface area contributed by atoms with Crippen LogP contribution in [0.1, 0.15) is 25.3 Å². The summed E-state index contributed by atoms with van der Waals surface area (Å²) in [6.07, 6.45) is 1.60. The molecule has 0 atom stereocenters. The van der Waals surface area contributed by atoms with Gasteiger partial charge in [0.25, 0.3) is 0 Å². The third kappa shape index (κ3) is 2.55. The van der Waals surface area contributed by atoms with Gasteiger partial charge in [-0.25, -0.2) is 4.39 Å². The Hall–Kier alpha value is -1.38. The molecule has 0 aliphatic rings. The third-order valence-corrected chi connectivity index (χ3v) is 1.98. The van der Waals surface area contributed by atoms with E-state index >= 15 is 0 Å². The molecule has 0 aromatic heterocycles. The summed E-state index contributed by atoms with van der Waals surface area (Å²) in [6, 6.07) is 4.72. The zero-order valence-electron chi connectivity index (χ0n) is 8.71. The van der Waals surface area contributed by atoms with E-state index in [1.807, 2.05) is 13.8 Å². The molecule has 1 rings (SSSR count). The molecule has 0 heterocycles. The van der Waals surface area contributed by atoms with E-state index in [0.717, 1.165) is 11.3 Å². The standard InChI is InChI=1S/C11H15FN2/c1-8(2)10-6-9(12)4-5-11(10)14-7-13-3/h4-8H,1-3H3,(H,13,14). The number of aliphatic imine (C=N–C) groups is 1. The number of nitrogens with one attached hydrogen (secondary N) is 1. The van der Waals surface area contributed by atoms with Crippen molar-refractivity contribution < 1.29 is 4.39 Å². The number of hydrogen-bond donors (Lipinski definition) is 1. The van der Waals surface area contributed by atoms with Crippen LogP contribution in [0.25, 0.3) is 0 Å². The third-order valence-electron chi connectivity index (χ3n) is 1.98. The molecule has 0 radical (unpaired) electrons. The van der Waals surface area contributed by atoms with Crippen LogP contribution >= 0.6 is 0 Å². The molecule has 14 heavy (non-hydrogen) atoms. The molecule has 0 saturated heterocycles. The van der Waals surface area contributed by atoms with Crippen molar-refractivity contribution in [2.75, 3.05) is 12.4 Å². The lowest BCUT2D eigenvalue weighted by Crippen LogP contribution is -2.01. The predicted molar refractivity (Wildman–Crippen MR) is 58.5 cm³/mol. The van der Waals surface area contributed by atoms with Crippen LogP contribution in [0.2, 0.25) is 0 Å². The average molecular weight is 194 g/mol. The SMILES string of the molecule is CN=CNc1ccc(F)cc1C(C)C. The van der Waals surface area contributed by atoms with E-state index in [2.05, 4.69) is 10.3 Å². The quantitative estimate of drug-likeness (QED) is 0.580. The van der Waals surface area contributed by atoms with Gasteiger partial charge >= 0.3 is 0 Å². The van der Waals surface area contributed by atoms with Gasteiger partial charge in [-0.05, 0) is 29.7 Å². The van der Waals surface area contributed by atoms with Crippen molar-refractivity contribution in [1.82, 2.24) is 0 Å². The summed E-state index contributed by atoms with van der Waals surface area (Å²) in [4.78, 5) is 3.82. The lowest BCUT2D eigenvalue weighted by atomic mass is 10.0. The zero-order chi connectivity index (χ0) is 10.6. The van der Waals surface area contributed by atoms with Gasteiger partial charge in [0.1, 0.15) is 5.82 Å². The molecule has 3 heteroatoms. The predicted octanol–water partition coefficient (Wildman–Crippen LogP) is 3.02. The van der Waals surface area contributed by atoms with E-state index in [0.29, 0.717) is 5.92 Å². The number of rotatable bonds is 3. The second kappa shape index (κ2) is 4.74. The summed E-state index contributed by atoms with van der Waals surface area (Å²) >= 11 is 0. The first kappa shape index (κ1) is 10.7. The molecule has 0 bridgehead atoms. The first-order chi connectivity index (χ1) is 6.65. The number of benzene rings is 1. The molecular weight excluding hydrogens is 179 g/mol. The van der Waals surface area contributed by atoms with Crippen molar-refractivity contribution in [2.24, 2.45) is 4.99 Å². The highest BCUT2D eigenvalue weighted by atomic mass is 19.1. The maximum absolute atomic E-state index is 13.0. The van der Waals surface area contributed by atoms with E-state index in [1.54, 1.807) is 25.5 Å². The highest BCUT2D eigenvalue weighted by Crippen LogP contribution is 2.24. The summed E-state index contributed by atoms with van der Waals surface area (Å²) in [5, 5.41) is 3.01. The van der Waals surface area contributed by atoms with Crippen LogP contribution in [0.5, 0.6) is 0 Å². The van der Waals surface area contributed by atoms with Gasteiger partial charge in [-0.1, -0.05) is 13.8 Å². The number of hydrogen-bond acceptors (Lipinski definition) is 1. The van der Waals surface area contributed by atoms with Crippen molar-refractivity contribution >= 4 is 12.0 Å². The molecule has 0 unspecified atom stereocenters. The van der Waals surface area contributed by atoms with Crippen LogP contribution in [0.15, 0.2) is 23.2 Å². The van der Waals surface area contributed by atoms with Gasteiger partial charge in [-0.15, -0.1) is 0 Å². The number of nitrogens with zero attached hydrogens (tertiary/aromatic N) is 1. The number of anilines is 1. The molecule has 1 aromatic carbocycles. The lowest BCUT2D eigenvalue weighted by molar-refractivity contribution is 0.623. The maximum atomic E-state index is 13.0. The van der Waals surface area contributed by atoms with Gasteiger partial charge in [0, 0.05) is 12.7 Å². The van der Waals surface area contributed by atoms with Crippen molar-refractivity contribution in [3.63, 3.8) is 0 Å². The first-order valence-electron chi connectivity index (χ1n) is 4.61. The van der Waals surface area contributed by atoms with E-state index < -0.39 is 0 Å². The largest absolute Gasteiger partial charge is 0.347 e. The zero-order valence-corrected chi connectivity index (χ0v) is 8.71. The van der Waals surface area contributed by atoms with Crippen LogP contribution in [-0.4, -0.2) is 13.4 Å². The monoisotopic (exact) mass is 194 g/mol. The van der Waals surface area contributed by atoms with Crippen LogP contribution in [0.4, 0.5) is 10.1 Å². The van der Waals surface area contributed by atoms with Gasteiger partial charge < -0.3 is 5.32 Å². The Morgan fingerprint density at radius 2 is 2.14 bits per heavy atom. The van der Waals surface area contributed by atoms with Crippen LogP contribution in [0.3, 0.4) is 0 Å². The van der Waals surface area contributed by atoms with Crippen LogP contribution < -0.4 is 5.32 Å². The van der Waals surface area contributed by atoms with Crippen LogP contribution in [-0.2, 0) is 0 Å². The number of halogens is 1. The fraction of sp³-hybridized carbons (Fsp3) is 0.364. The lowest BCUT2D eigenvalue weighted by Gasteiger charge is -2.11. The Bertz CT molecular complexity index is 332. The minimum atomic E-state index is -0.201. The molecule has 0 saturated carbocycles. The van der Waals surface area contributed by atoms with Crippen molar-refractivity contribution in [3.05, 3.63) is 29.6 Å². The topological polar surface area (TPSA) is 24.4 Å². The summed E-state index contributed by atoms with van der Waals surface area (Å²) in [5.41, 5.74) is 1.87. The van der Waals surface area contributed by atoms with Crippen molar-refractivity contribution in [2.45, 2.75) is 19.8 Å². The molecule has 2 nitrogen and oxygen atoms in total. The fourth-order valence-corrected chi connectivity index (χ4v) is 1.28. The molecule has 0 aliphatic heterocycles. The maximum Gasteiger partial charge on any atom is 0.123 e. The summed E-state index contributed by atoms with van der Waals surface area (Å²) in [6.45, 7) is 4.06. The van der Waals surface area contributed by atoms with Crippen LogP contribution in [0, 0.1) is 5.82 Å². The first-order valence-corrected chi connectivity index (χ1v) is 4.61. The average Bonchev–Trinajstić information content (AvgIpc) is 2.15. The van der Waals surface area contributed by atoms with Gasteiger partial charge in [0.05, 0.1) is 6.34 Å². The van der Waals surface area contributed by atoms with Crippen molar-refractivity contribution in [3.8, 4) is 0 Å². The molecule has 76 valence electrons. The molecule has 0 spiro atoms. The normalized spacial score (nSPS) is 11.2. The minimum Gasteiger partial charge on any atom is -0.347 e. The molecule has 0 fully saturated rings. The van der Waals surface area contributed by atoms with Gasteiger partial charge in [0.2, 0.25) is 0 Å². The highest BCUT2D eigenvalue weighted by Gasteiger charge is 2.06. The summed E-state index contributed by atoms with van der Waals surface area (Å²) < 4.78 is 13.0. The molecule has 1 aromatic rings. The molecule has 1 N–H and O–H groups in total. The Labute approximate surface area is 83.9 Å². The van der Waals surface area contributed by atoms with E-state index in [4.69, 9.17) is 0 Å². The van der Waals surface area contributed by atoms with Crippen molar-refractivity contribution in [1.29, 1.82) is 0 Å². The smallest absolute Gasteiger partial charge is 0.123 e. The van der Waals surface area contributed by atoms with E-state index in [-0.39, 0.29) is 5.82 Å². The molecule has 0 aliphatic carbocycles. The van der Waals surface area contributed by atoms with Gasteiger partial charge in [0.15, 0.2) is 0 Å². The summed E-state index contributed by atoms with van der Waals surface area (Å²) in [7, 11) is 1.69. The molecule has 0 amide bonds. The minimum absolute atomic E-state index is 0.201. The van der Waals surface area contributed by atoms with Gasteiger partial charge in [-0.2, -0.15) is 0 Å². The molecular formula is C11H15FN2. The fourth-order valence-electron chi connectivity index (χ4n) is 1.28. The summed E-state index contributed by atoms with van der Waals surface area (Å²) in [5.74, 6) is 0.0890. The van der Waals surface area contributed by atoms with E-state index in [9.17, 15) is 4.39 Å². The Morgan fingerprint density at radius 1 is 1.43 bits per heavy atom. The van der Waals surface area contributed by atoms with E-state index in [1.165, 1.54) is 6.07 Å². The Balaban J connectivity index is 3.02. The highest BCUT2D eigenvalue weighted by molar-refractivity contribution is 5.77.